The van der Waals surface area contributed by atoms with Gasteiger partial charge in [0.25, 0.3) is 0 Å². The molecule has 0 aliphatic rings. The first-order valence-electron chi connectivity index (χ1n) is 5.36. The molecule has 0 aliphatic heterocycles. The van der Waals surface area contributed by atoms with Crippen LogP contribution in [-0.2, 0) is 4.79 Å². The largest absolute Gasteiger partial charge is 0.387 e. The number of carbonyl (C=O) groups excluding carboxylic acids is 1. The normalized spacial score (nSPS) is 17.3. The molecule has 17 heavy (non-hydrogen) atoms. The van der Waals surface area contributed by atoms with E-state index in [9.17, 15) is 15.0 Å². The Morgan fingerprint density at radius 3 is 2.06 bits per heavy atom. The van der Waals surface area contributed by atoms with E-state index in [1.54, 1.807) is 12.1 Å². The summed E-state index contributed by atoms with van der Waals surface area (Å²) in [5, 5.41) is 19.9. The maximum Gasteiger partial charge on any atom is 0.184 e. The average molecular weight is 301 g/mol. The van der Waals surface area contributed by atoms with E-state index >= 15 is 0 Å². The van der Waals surface area contributed by atoms with Gasteiger partial charge in [-0.3, -0.25) is 4.79 Å². The molecule has 2 unspecified atom stereocenters. The van der Waals surface area contributed by atoms with Gasteiger partial charge in [-0.05, 0) is 26.3 Å². The average Bonchev–Trinajstić information content (AvgIpc) is 2.26. The second kappa shape index (κ2) is 4.88. The first-order chi connectivity index (χ1) is 7.68. The highest BCUT2D eigenvalue weighted by molar-refractivity contribution is 9.09. The summed E-state index contributed by atoms with van der Waals surface area (Å²) in [7, 11) is 0. The number of hydrogen-bond donors (Lipinski definition) is 2. The third-order valence-corrected chi connectivity index (χ3v) is 3.94. The first-order valence-corrected chi connectivity index (χ1v) is 6.27. The molecule has 0 saturated heterocycles. The van der Waals surface area contributed by atoms with Gasteiger partial charge in [0.15, 0.2) is 5.78 Å². The van der Waals surface area contributed by atoms with E-state index in [2.05, 4.69) is 15.9 Å². The van der Waals surface area contributed by atoms with Crippen LogP contribution in [0.1, 0.15) is 31.2 Å². The van der Waals surface area contributed by atoms with E-state index in [1.165, 1.54) is 20.8 Å². The van der Waals surface area contributed by atoms with Crippen molar-refractivity contribution in [2.75, 3.05) is 0 Å². The van der Waals surface area contributed by atoms with Gasteiger partial charge in [0.1, 0.15) is 10.4 Å². The summed E-state index contributed by atoms with van der Waals surface area (Å²) >= 11 is 3.26. The van der Waals surface area contributed by atoms with Crippen molar-refractivity contribution in [3.63, 3.8) is 0 Å². The zero-order valence-corrected chi connectivity index (χ0v) is 11.7. The number of carbonyl (C=O) groups is 1. The van der Waals surface area contributed by atoms with Gasteiger partial charge < -0.3 is 10.2 Å². The molecule has 0 aromatic heterocycles. The number of hydrogen-bond acceptors (Lipinski definition) is 3. The highest BCUT2D eigenvalue weighted by atomic mass is 79.9. The van der Waals surface area contributed by atoms with Crippen molar-refractivity contribution in [1.29, 1.82) is 0 Å². The van der Waals surface area contributed by atoms with Crippen molar-refractivity contribution in [3.05, 3.63) is 35.9 Å². The predicted molar refractivity (Wildman–Crippen MR) is 70.0 cm³/mol. The van der Waals surface area contributed by atoms with Crippen LogP contribution >= 0.6 is 15.9 Å². The predicted octanol–water partition coefficient (Wildman–Crippen LogP) is 2.21. The zero-order chi connectivity index (χ0) is 13.3. The second-order valence-electron chi connectivity index (χ2n) is 4.77. The quantitative estimate of drug-likeness (QED) is 0.838. The molecule has 1 rings (SSSR count). The van der Waals surface area contributed by atoms with Gasteiger partial charge in [-0.1, -0.05) is 46.3 Å². The summed E-state index contributed by atoms with van der Waals surface area (Å²) in [6, 6.07) is 9.06. The molecule has 4 heteroatoms. The number of benzene rings is 1. The van der Waals surface area contributed by atoms with E-state index in [1.807, 2.05) is 18.2 Å². The summed E-state index contributed by atoms with van der Waals surface area (Å²) in [5.74, 6) is -0.462. The van der Waals surface area contributed by atoms with Gasteiger partial charge in [-0.25, -0.2) is 0 Å². The third kappa shape index (κ3) is 2.94. The number of alkyl halides is 1. The molecule has 2 N–H and O–H groups in total. The second-order valence-corrected chi connectivity index (χ2v) is 5.68. The van der Waals surface area contributed by atoms with Crippen LogP contribution in [0.3, 0.4) is 0 Å². The van der Waals surface area contributed by atoms with Gasteiger partial charge in [-0.2, -0.15) is 0 Å². The molecular formula is C13H17BrO3. The van der Waals surface area contributed by atoms with Gasteiger partial charge in [0.05, 0.1) is 5.60 Å². The fraction of sp³-hybridized carbons (Fsp3) is 0.462. The monoisotopic (exact) mass is 300 g/mol. The number of ketones is 1. The minimum Gasteiger partial charge on any atom is -0.387 e. The van der Waals surface area contributed by atoms with Crippen LogP contribution < -0.4 is 0 Å². The van der Waals surface area contributed by atoms with E-state index in [4.69, 9.17) is 0 Å². The van der Waals surface area contributed by atoms with Crippen molar-refractivity contribution in [2.45, 2.75) is 36.8 Å². The molecule has 0 heterocycles. The molecule has 0 fully saturated rings. The maximum atomic E-state index is 12.2. The molecule has 0 saturated carbocycles. The van der Waals surface area contributed by atoms with E-state index in [0.29, 0.717) is 0 Å². The Bertz CT molecular complexity index is 393. The highest BCUT2D eigenvalue weighted by Crippen LogP contribution is 2.33. The lowest BCUT2D eigenvalue weighted by molar-refractivity contribution is -0.160. The number of aliphatic hydroxyl groups is 2. The number of Topliss-reactive ketones (excluding diaryl/α,β-unsaturated/α-hetero) is 1. The lowest BCUT2D eigenvalue weighted by atomic mass is 9.82. The lowest BCUT2D eigenvalue weighted by Crippen LogP contribution is -2.54. The summed E-state index contributed by atoms with van der Waals surface area (Å²) in [5.41, 5.74) is -2.55. The Hall–Kier alpha value is -0.710. The van der Waals surface area contributed by atoms with Gasteiger partial charge in [0.2, 0.25) is 0 Å². The molecule has 1 aromatic carbocycles. The SMILES string of the molecule is CC(C)(O)C(C)(O)C(=O)C(Br)c1ccccc1. The number of halogens is 1. The van der Waals surface area contributed by atoms with Crippen molar-refractivity contribution < 1.29 is 15.0 Å². The molecular weight excluding hydrogens is 284 g/mol. The summed E-state index contributed by atoms with van der Waals surface area (Å²) < 4.78 is 0. The lowest BCUT2D eigenvalue weighted by Gasteiger charge is -2.35. The Balaban J connectivity index is 2.99. The summed E-state index contributed by atoms with van der Waals surface area (Å²) in [6.07, 6.45) is 0. The standard InChI is InChI=1S/C13H17BrO3/c1-12(2,16)13(3,17)11(15)10(14)9-7-5-4-6-8-9/h4-8,10,16-17H,1-3H3. The highest BCUT2D eigenvalue weighted by Gasteiger charge is 2.46. The third-order valence-electron chi connectivity index (χ3n) is 2.99. The Morgan fingerprint density at radius 2 is 1.65 bits per heavy atom. The molecule has 2 atom stereocenters. The fourth-order valence-corrected chi connectivity index (χ4v) is 2.07. The van der Waals surface area contributed by atoms with E-state index in [0.717, 1.165) is 5.56 Å². The molecule has 0 spiro atoms. The minimum atomic E-state index is -1.81. The zero-order valence-electron chi connectivity index (χ0n) is 10.1. The maximum absolute atomic E-state index is 12.2. The van der Waals surface area contributed by atoms with Crippen LogP contribution in [0.15, 0.2) is 30.3 Å². The van der Waals surface area contributed by atoms with Crippen molar-refractivity contribution in [3.8, 4) is 0 Å². The van der Waals surface area contributed by atoms with Gasteiger partial charge in [0, 0.05) is 0 Å². The topological polar surface area (TPSA) is 57.5 Å². The van der Waals surface area contributed by atoms with Gasteiger partial charge >= 0.3 is 0 Å². The Labute approximate surface area is 110 Å². The molecule has 1 aromatic rings. The van der Waals surface area contributed by atoms with Crippen LogP contribution in [0.2, 0.25) is 0 Å². The smallest absolute Gasteiger partial charge is 0.184 e. The Morgan fingerprint density at radius 1 is 1.18 bits per heavy atom. The van der Waals surface area contributed by atoms with E-state index < -0.39 is 21.8 Å². The molecule has 0 amide bonds. The van der Waals surface area contributed by atoms with Crippen molar-refractivity contribution >= 4 is 21.7 Å². The van der Waals surface area contributed by atoms with Crippen molar-refractivity contribution in [1.82, 2.24) is 0 Å². The van der Waals surface area contributed by atoms with Crippen LogP contribution in [-0.4, -0.2) is 27.2 Å². The summed E-state index contributed by atoms with van der Waals surface area (Å²) in [6.45, 7) is 4.15. The molecule has 0 bridgehead atoms. The van der Waals surface area contributed by atoms with Gasteiger partial charge in [-0.15, -0.1) is 0 Å². The molecule has 0 radical (unpaired) electrons. The van der Waals surface area contributed by atoms with Crippen LogP contribution in [0.4, 0.5) is 0 Å². The first kappa shape index (κ1) is 14.4. The molecule has 3 nitrogen and oxygen atoms in total. The van der Waals surface area contributed by atoms with Crippen molar-refractivity contribution in [2.24, 2.45) is 0 Å². The fourth-order valence-electron chi connectivity index (χ4n) is 1.32. The number of rotatable bonds is 4. The van der Waals surface area contributed by atoms with Crippen LogP contribution in [0, 0.1) is 0 Å². The molecule has 0 aliphatic carbocycles. The minimum absolute atomic E-state index is 0.462. The van der Waals surface area contributed by atoms with Crippen LogP contribution in [0.5, 0.6) is 0 Å². The Kier molecular flexibility index (Phi) is 4.12. The van der Waals surface area contributed by atoms with E-state index in [-0.39, 0.29) is 0 Å². The molecule has 94 valence electrons. The van der Waals surface area contributed by atoms with Crippen LogP contribution in [0.25, 0.3) is 0 Å². The summed E-state index contributed by atoms with van der Waals surface area (Å²) in [4.78, 5) is 11.5.